The number of aryl methyl sites for hydroxylation is 1. The van der Waals surface area contributed by atoms with Crippen molar-refractivity contribution in [2.75, 3.05) is 20.6 Å². The lowest BCUT2D eigenvalue weighted by atomic mass is 10.1. The average molecular weight is 325 g/mol. The van der Waals surface area contributed by atoms with Gasteiger partial charge in [-0.1, -0.05) is 52.6 Å². The number of carbonyl (C=O) groups excluding carboxylic acids is 1. The van der Waals surface area contributed by atoms with Crippen LogP contribution in [0.5, 0.6) is 0 Å². The molecule has 0 saturated heterocycles. The van der Waals surface area contributed by atoms with Gasteiger partial charge in [-0.3, -0.25) is 4.79 Å². The van der Waals surface area contributed by atoms with Gasteiger partial charge in [-0.25, -0.2) is 0 Å². The number of hydrogen-bond donors (Lipinski definition) is 1. The topological polar surface area (TPSA) is 36.1 Å². The van der Waals surface area contributed by atoms with Gasteiger partial charge in [0, 0.05) is 4.91 Å². The van der Waals surface area contributed by atoms with E-state index in [4.69, 9.17) is 0 Å². The highest BCUT2D eigenvalue weighted by atomic mass is 32.2. The van der Waals surface area contributed by atoms with Crippen LogP contribution in [0.1, 0.15) is 55.9 Å². The molecule has 0 aliphatic rings. The van der Waals surface area contributed by atoms with Crippen molar-refractivity contribution in [3.8, 4) is 0 Å². The number of carbonyl (C=O) groups is 1. The molecule has 0 bridgehead atoms. The first-order valence-corrected chi connectivity index (χ1v) is 8.75. The van der Waals surface area contributed by atoms with Crippen LogP contribution in [-0.2, 0) is 6.42 Å². The Morgan fingerprint density at radius 2 is 1.91 bits per heavy atom. The zero-order valence-electron chi connectivity index (χ0n) is 15.0. The lowest BCUT2D eigenvalue weighted by Gasteiger charge is -2.08. The first-order valence-electron chi connectivity index (χ1n) is 7.87. The van der Waals surface area contributed by atoms with Crippen molar-refractivity contribution in [1.82, 2.24) is 9.88 Å². The normalized spacial score (nSPS) is 9.23. The molecule has 3 nitrogen and oxygen atoms in total. The van der Waals surface area contributed by atoms with Gasteiger partial charge in [0.05, 0.1) is 11.4 Å². The standard InChI is InChI=1S/C14H20N2OS.2C2H6/c1-5-18-11(2)13-9-12(14(10-17)15-13)7-6-8-16(3)4;2*1-2/h5,9-10,15H,1-2,6-8H2,3-4H3;2*1-2H3. The largest absolute Gasteiger partial charge is 0.352 e. The van der Waals surface area contributed by atoms with Crippen molar-refractivity contribution >= 4 is 23.0 Å². The lowest BCUT2D eigenvalue weighted by molar-refractivity contribution is 0.111. The van der Waals surface area contributed by atoms with Crippen LogP contribution in [0.3, 0.4) is 0 Å². The molecule has 0 atom stereocenters. The summed E-state index contributed by atoms with van der Waals surface area (Å²) < 4.78 is 0. The summed E-state index contributed by atoms with van der Waals surface area (Å²) in [5.41, 5.74) is 2.63. The van der Waals surface area contributed by atoms with Crippen LogP contribution >= 0.6 is 11.8 Å². The van der Waals surface area contributed by atoms with E-state index in [1.165, 1.54) is 11.8 Å². The van der Waals surface area contributed by atoms with Gasteiger partial charge >= 0.3 is 0 Å². The van der Waals surface area contributed by atoms with Crippen LogP contribution in [0.4, 0.5) is 0 Å². The average Bonchev–Trinajstić information content (AvgIpc) is 2.94. The van der Waals surface area contributed by atoms with Crippen LogP contribution in [0.25, 0.3) is 4.91 Å². The van der Waals surface area contributed by atoms with Gasteiger partial charge in [-0.2, -0.15) is 0 Å². The molecule has 0 radical (unpaired) electrons. The van der Waals surface area contributed by atoms with E-state index in [-0.39, 0.29) is 0 Å². The summed E-state index contributed by atoms with van der Waals surface area (Å²) in [5.74, 6) is 0. The molecule has 4 heteroatoms. The highest BCUT2D eigenvalue weighted by Crippen LogP contribution is 2.27. The maximum absolute atomic E-state index is 11.0. The molecule has 0 saturated carbocycles. The second-order valence-electron chi connectivity index (χ2n) is 4.35. The summed E-state index contributed by atoms with van der Waals surface area (Å²) in [5, 5.41) is 1.73. The fourth-order valence-electron chi connectivity index (χ4n) is 1.73. The third-order valence-corrected chi connectivity index (χ3v) is 3.30. The summed E-state index contributed by atoms with van der Waals surface area (Å²) in [6, 6.07) is 2.01. The minimum absolute atomic E-state index is 0.662. The Morgan fingerprint density at radius 1 is 1.32 bits per heavy atom. The van der Waals surface area contributed by atoms with E-state index in [2.05, 4.69) is 23.0 Å². The highest BCUT2D eigenvalue weighted by molar-refractivity contribution is 8.10. The third-order valence-electron chi connectivity index (χ3n) is 2.63. The molecule has 1 N–H and O–H groups in total. The zero-order valence-corrected chi connectivity index (χ0v) is 15.8. The van der Waals surface area contributed by atoms with E-state index < -0.39 is 0 Å². The monoisotopic (exact) mass is 324 g/mol. The highest BCUT2D eigenvalue weighted by Gasteiger charge is 2.09. The maximum atomic E-state index is 11.0. The van der Waals surface area contributed by atoms with Crippen molar-refractivity contribution in [2.45, 2.75) is 40.5 Å². The number of rotatable bonds is 8. The van der Waals surface area contributed by atoms with Crippen molar-refractivity contribution in [3.05, 3.63) is 41.6 Å². The Morgan fingerprint density at radius 3 is 2.36 bits per heavy atom. The number of nitrogens with zero attached hydrogens (tertiary/aromatic N) is 1. The molecule has 1 rings (SSSR count). The molecule has 1 heterocycles. The van der Waals surface area contributed by atoms with Gasteiger partial charge in [-0.05, 0) is 50.5 Å². The van der Waals surface area contributed by atoms with Gasteiger partial charge in [0.25, 0.3) is 0 Å². The van der Waals surface area contributed by atoms with Crippen LogP contribution < -0.4 is 0 Å². The fourth-order valence-corrected chi connectivity index (χ4v) is 2.16. The molecule has 0 aliphatic carbocycles. The van der Waals surface area contributed by atoms with Gasteiger partial charge in [0.15, 0.2) is 6.29 Å². The van der Waals surface area contributed by atoms with E-state index in [1.807, 2.05) is 47.9 Å². The van der Waals surface area contributed by atoms with Crippen molar-refractivity contribution < 1.29 is 4.79 Å². The summed E-state index contributed by atoms with van der Waals surface area (Å²) in [6.07, 6.45) is 2.81. The molecule has 1 aromatic rings. The Kier molecular flexibility index (Phi) is 15.3. The van der Waals surface area contributed by atoms with E-state index in [1.54, 1.807) is 5.41 Å². The molecule has 0 unspecified atom stereocenters. The first kappa shape index (κ1) is 23.0. The minimum atomic E-state index is 0.662. The fraction of sp³-hybridized carbons (Fsp3) is 0.500. The number of aldehydes is 1. The molecular weight excluding hydrogens is 292 g/mol. The van der Waals surface area contributed by atoms with Crippen molar-refractivity contribution in [2.24, 2.45) is 0 Å². The maximum Gasteiger partial charge on any atom is 0.166 e. The molecule has 126 valence electrons. The van der Waals surface area contributed by atoms with E-state index in [0.29, 0.717) is 5.69 Å². The molecule has 0 spiro atoms. The predicted octanol–water partition coefficient (Wildman–Crippen LogP) is 5.22. The summed E-state index contributed by atoms with van der Waals surface area (Å²) in [4.78, 5) is 17.1. The number of thioether (sulfide) groups is 1. The van der Waals surface area contributed by atoms with Gasteiger partial charge in [-0.15, -0.1) is 0 Å². The van der Waals surface area contributed by atoms with Crippen LogP contribution in [0.2, 0.25) is 0 Å². The van der Waals surface area contributed by atoms with E-state index >= 15 is 0 Å². The van der Waals surface area contributed by atoms with Crippen molar-refractivity contribution in [1.29, 1.82) is 0 Å². The van der Waals surface area contributed by atoms with Gasteiger partial charge in [0.2, 0.25) is 0 Å². The third kappa shape index (κ3) is 8.90. The Balaban J connectivity index is 0. The van der Waals surface area contributed by atoms with E-state index in [0.717, 1.165) is 41.8 Å². The number of hydrogen-bond acceptors (Lipinski definition) is 3. The SMILES string of the molecule is C=CSC(=C)c1cc(CCCN(C)C)c(C=O)[nH]1.CC.CC. The molecule has 0 amide bonds. The Hall–Kier alpha value is -1.26. The summed E-state index contributed by atoms with van der Waals surface area (Å²) >= 11 is 1.46. The second kappa shape index (κ2) is 14.7. The van der Waals surface area contributed by atoms with Crippen LogP contribution in [0.15, 0.2) is 24.6 Å². The van der Waals surface area contributed by atoms with Gasteiger partial charge in [0.1, 0.15) is 0 Å². The Labute approximate surface area is 140 Å². The molecule has 0 aliphatic heterocycles. The number of aromatic amines is 1. The van der Waals surface area contributed by atoms with Crippen LogP contribution in [-0.4, -0.2) is 36.8 Å². The zero-order chi connectivity index (χ0) is 17.5. The minimum Gasteiger partial charge on any atom is -0.352 e. The van der Waals surface area contributed by atoms with Crippen LogP contribution in [0, 0.1) is 0 Å². The number of nitrogens with one attached hydrogen (secondary N) is 1. The van der Waals surface area contributed by atoms with Crippen molar-refractivity contribution in [3.63, 3.8) is 0 Å². The summed E-state index contributed by atoms with van der Waals surface area (Å²) in [6.45, 7) is 16.6. The lowest BCUT2D eigenvalue weighted by Crippen LogP contribution is -2.13. The molecule has 1 aromatic heterocycles. The van der Waals surface area contributed by atoms with E-state index in [9.17, 15) is 4.79 Å². The molecule has 0 fully saturated rings. The predicted molar refractivity (Wildman–Crippen MR) is 103 cm³/mol. The molecular formula is C18H32N2OS. The number of aromatic nitrogens is 1. The smallest absolute Gasteiger partial charge is 0.166 e. The number of H-pyrrole nitrogens is 1. The first-order chi connectivity index (χ1) is 10.6. The quantitative estimate of drug-likeness (QED) is 0.666. The molecule has 22 heavy (non-hydrogen) atoms. The second-order valence-corrected chi connectivity index (χ2v) is 5.42. The molecule has 0 aromatic carbocycles. The summed E-state index contributed by atoms with van der Waals surface area (Å²) in [7, 11) is 4.09. The Bertz CT molecular complexity index is 436. The van der Waals surface area contributed by atoms with Gasteiger partial charge < -0.3 is 9.88 Å².